The molecule has 0 heterocycles. The maximum Gasteiger partial charge on any atom is 0.222 e. The highest BCUT2D eigenvalue weighted by Gasteiger charge is 2.10. The van der Waals surface area contributed by atoms with E-state index >= 15 is 0 Å². The minimum absolute atomic E-state index is 0.0939. The molecule has 0 saturated carbocycles. The third kappa shape index (κ3) is 5.43. The number of hydrogen-bond donors (Lipinski definition) is 1. The van der Waals surface area contributed by atoms with Crippen molar-refractivity contribution in [3.05, 3.63) is 34.9 Å². The molecule has 0 radical (unpaired) electrons. The maximum absolute atomic E-state index is 11.9. The minimum atomic E-state index is 0.0939. The van der Waals surface area contributed by atoms with Crippen molar-refractivity contribution in [2.45, 2.75) is 46.1 Å². The molecule has 0 aliphatic rings. The Hall–Kier alpha value is -1.35. The van der Waals surface area contributed by atoms with E-state index in [1.165, 1.54) is 16.7 Å². The Labute approximate surface area is 116 Å². The summed E-state index contributed by atoms with van der Waals surface area (Å²) in [6, 6.07) is 6.56. The van der Waals surface area contributed by atoms with Gasteiger partial charge in [0.05, 0.1) is 0 Å². The van der Waals surface area contributed by atoms with Gasteiger partial charge in [-0.3, -0.25) is 4.79 Å². The topological polar surface area (TPSA) is 46.3 Å². The second-order valence-electron chi connectivity index (χ2n) is 5.51. The Morgan fingerprint density at radius 2 is 2.05 bits per heavy atom. The first kappa shape index (κ1) is 15.7. The molecule has 3 heteroatoms. The van der Waals surface area contributed by atoms with Crippen molar-refractivity contribution in [1.82, 2.24) is 4.90 Å². The molecule has 0 fully saturated rings. The fraction of sp³-hybridized carbons (Fsp3) is 0.562. The molecule has 3 nitrogen and oxygen atoms in total. The molecule has 106 valence electrons. The Morgan fingerprint density at radius 3 is 2.68 bits per heavy atom. The van der Waals surface area contributed by atoms with Gasteiger partial charge in [0.2, 0.25) is 5.91 Å². The Bertz CT molecular complexity index is 427. The summed E-state index contributed by atoms with van der Waals surface area (Å²) in [4.78, 5) is 13.7. The second kappa shape index (κ2) is 7.29. The fourth-order valence-corrected chi connectivity index (χ4v) is 2.02. The first-order valence-electron chi connectivity index (χ1n) is 6.96. The highest BCUT2D eigenvalue weighted by Crippen LogP contribution is 2.12. The van der Waals surface area contributed by atoms with Crippen LogP contribution in [0.2, 0.25) is 0 Å². The summed E-state index contributed by atoms with van der Waals surface area (Å²) in [6.07, 6.45) is 2.21. The van der Waals surface area contributed by atoms with Crippen molar-refractivity contribution in [2.24, 2.45) is 5.73 Å². The van der Waals surface area contributed by atoms with Crippen LogP contribution in [0.25, 0.3) is 0 Å². The molecule has 1 aromatic rings. The van der Waals surface area contributed by atoms with Crippen molar-refractivity contribution >= 4 is 5.91 Å². The highest BCUT2D eigenvalue weighted by molar-refractivity contribution is 5.75. The molecular formula is C16H26N2O. The van der Waals surface area contributed by atoms with E-state index in [-0.39, 0.29) is 11.9 Å². The summed E-state index contributed by atoms with van der Waals surface area (Å²) >= 11 is 0. The summed E-state index contributed by atoms with van der Waals surface area (Å²) in [5.41, 5.74) is 9.56. The van der Waals surface area contributed by atoms with Gasteiger partial charge in [-0.25, -0.2) is 0 Å². The van der Waals surface area contributed by atoms with Crippen molar-refractivity contribution in [2.75, 3.05) is 13.6 Å². The lowest BCUT2D eigenvalue weighted by Crippen LogP contribution is -2.30. The molecule has 19 heavy (non-hydrogen) atoms. The van der Waals surface area contributed by atoms with Crippen LogP contribution in [0.3, 0.4) is 0 Å². The van der Waals surface area contributed by atoms with E-state index in [0.717, 1.165) is 19.4 Å². The zero-order valence-corrected chi connectivity index (χ0v) is 12.6. The summed E-state index contributed by atoms with van der Waals surface area (Å²) in [6.45, 7) is 6.92. The lowest BCUT2D eigenvalue weighted by Gasteiger charge is -2.18. The van der Waals surface area contributed by atoms with E-state index in [4.69, 9.17) is 5.73 Å². The summed E-state index contributed by atoms with van der Waals surface area (Å²) < 4.78 is 0. The minimum Gasteiger partial charge on any atom is -0.345 e. The number of rotatable bonds is 6. The van der Waals surface area contributed by atoms with Crippen LogP contribution in [0.5, 0.6) is 0 Å². The third-order valence-electron chi connectivity index (χ3n) is 3.46. The molecule has 0 aliphatic heterocycles. The molecule has 1 rings (SSSR count). The predicted octanol–water partition coefficient (Wildman–Crippen LogP) is 2.43. The van der Waals surface area contributed by atoms with Crippen LogP contribution >= 0.6 is 0 Å². The lowest BCUT2D eigenvalue weighted by atomic mass is 10.0. The average Bonchev–Trinajstić information content (AvgIpc) is 2.36. The third-order valence-corrected chi connectivity index (χ3v) is 3.46. The van der Waals surface area contributed by atoms with Gasteiger partial charge >= 0.3 is 0 Å². The van der Waals surface area contributed by atoms with Crippen LogP contribution in [0, 0.1) is 13.8 Å². The van der Waals surface area contributed by atoms with Crippen LogP contribution in [-0.4, -0.2) is 30.4 Å². The standard InChI is InChI=1S/C16H26N2O/c1-12-5-6-13(2)15(11-12)9-10-18(4)16(19)8-7-14(3)17/h5-6,11,14H,7-10,17H2,1-4H3. The first-order chi connectivity index (χ1) is 8.90. The van der Waals surface area contributed by atoms with Crippen LogP contribution in [0.4, 0.5) is 0 Å². The number of nitrogens with two attached hydrogens (primary N) is 1. The number of hydrogen-bond acceptors (Lipinski definition) is 2. The van der Waals surface area contributed by atoms with E-state index in [9.17, 15) is 4.79 Å². The number of carbonyl (C=O) groups excluding carboxylic acids is 1. The fourth-order valence-electron chi connectivity index (χ4n) is 2.02. The Morgan fingerprint density at radius 1 is 1.37 bits per heavy atom. The molecule has 1 atom stereocenters. The van der Waals surface area contributed by atoms with Gasteiger partial charge in [-0.1, -0.05) is 23.8 Å². The van der Waals surface area contributed by atoms with E-state index in [1.807, 2.05) is 18.9 Å². The summed E-state index contributed by atoms with van der Waals surface area (Å²) in [7, 11) is 1.87. The largest absolute Gasteiger partial charge is 0.345 e. The zero-order chi connectivity index (χ0) is 14.4. The Balaban J connectivity index is 2.47. The lowest BCUT2D eigenvalue weighted by molar-refractivity contribution is -0.130. The number of nitrogens with zero attached hydrogens (tertiary/aromatic N) is 1. The quantitative estimate of drug-likeness (QED) is 0.856. The predicted molar refractivity (Wildman–Crippen MR) is 80.1 cm³/mol. The smallest absolute Gasteiger partial charge is 0.222 e. The number of amides is 1. The highest BCUT2D eigenvalue weighted by atomic mass is 16.2. The molecule has 0 saturated heterocycles. The van der Waals surface area contributed by atoms with Gasteiger partial charge in [-0.2, -0.15) is 0 Å². The number of carbonyl (C=O) groups is 1. The van der Waals surface area contributed by atoms with Crippen LogP contribution in [0.15, 0.2) is 18.2 Å². The monoisotopic (exact) mass is 262 g/mol. The first-order valence-corrected chi connectivity index (χ1v) is 6.96. The number of aryl methyl sites for hydroxylation is 2. The molecular weight excluding hydrogens is 236 g/mol. The molecule has 0 aliphatic carbocycles. The average molecular weight is 262 g/mol. The van der Waals surface area contributed by atoms with Gasteiger partial charge in [0.15, 0.2) is 0 Å². The number of benzene rings is 1. The van der Waals surface area contributed by atoms with Crippen LogP contribution in [-0.2, 0) is 11.2 Å². The van der Waals surface area contributed by atoms with Gasteiger partial charge in [0.25, 0.3) is 0 Å². The number of likely N-dealkylation sites (N-methyl/N-ethyl adjacent to an activating group) is 1. The Kier molecular flexibility index (Phi) is 6.03. The van der Waals surface area contributed by atoms with Crippen molar-refractivity contribution in [3.63, 3.8) is 0 Å². The molecule has 0 spiro atoms. The molecule has 1 unspecified atom stereocenters. The van der Waals surface area contributed by atoms with E-state index < -0.39 is 0 Å². The maximum atomic E-state index is 11.9. The normalized spacial score (nSPS) is 12.3. The molecule has 1 aromatic carbocycles. The molecule has 2 N–H and O–H groups in total. The summed E-state index contributed by atoms with van der Waals surface area (Å²) in [5.74, 6) is 0.183. The van der Waals surface area contributed by atoms with E-state index in [2.05, 4.69) is 32.0 Å². The molecule has 1 amide bonds. The van der Waals surface area contributed by atoms with E-state index in [1.54, 1.807) is 0 Å². The van der Waals surface area contributed by atoms with Crippen molar-refractivity contribution in [3.8, 4) is 0 Å². The van der Waals surface area contributed by atoms with Crippen LogP contribution in [0.1, 0.15) is 36.5 Å². The van der Waals surface area contributed by atoms with Crippen molar-refractivity contribution in [1.29, 1.82) is 0 Å². The second-order valence-corrected chi connectivity index (χ2v) is 5.51. The SMILES string of the molecule is Cc1ccc(C)c(CCN(C)C(=O)CCC(C)N)c1. The summed E-state index contributed by atoms with van der Waals surface area (Å²) in [5, 5.41) is 0. The zero-order valence-electron chi connectivity index (χ0n) is 12.6. The van der Waals surface area contributed by atoms with Gasteiger partial charge in [-0.05, 0) is 44.7 Å². The van der Waals surface area contributed by atoms with Gasteiger partial charge in [0.1, 0.15) is 0 Å². The van der Waals surface area contributed by atoms with Crippen molar-refractivity contribution < 1.29 is 4.79 Å². The van der Waals surface area contributed by atoms with Gasteiger partial charge in [-0.15, -0.1) is 0 Å². The van der Waals surface area contributed by atoms with E-state index in [0.29, 0.717) is 6.42 Å². The van der Waals surface area contributed by atoms with Crippen LogP contribution < -0.4 is 5.73 Å². The van der Waals surface area contributed by atoms with Gasteiger partial charge in [0, 0.05) is 26.1 Å². The molecule has 0 bridgehead atoms. The van der Waals surface area contributed by atoms with Gasteiger partial charge < -0.3 is 10.6 Å². The molecule has 0 aromatic heterocycles.